The first-order chi connectivity index (χ1) is 30.0. The van der Waals surface area contributed by atoms with Crippen LogP contribution in [0.5, 0.6) is 0 Å². The van der Waals surface area contributed by atoms with Gasteiger partial charge in [0.05, 0.1) is 39.9 Å². The summed E-state index contributed by atoms with van der Waals surface area (Å²) in [6, 6.07) is -0.882. The highest BCUT2D eigenvalue weighted by Crippen LogP contribution is 2.38. The van der Waals surface area contributed by atoms with Crippen molar-refractivity contribution in [2.24, 2.45) is 0 Å². The lowest BCUT2D eigenvalue weighted by atomic mass is 10.0. The van der Waals surface area contributed by atoms with Gasteiger partial charge in [0.1, 0.15) is 13.2 Å². The van der Waals surface area contributed by atoms with Gasteiger partial charge >= 0.3 is 0 Å². The zero-order valence-electron chi connectivity index (χ0n) is 41.8. The summed E-state index contributed by atoms with van der Waals surface area (Å²) in [4.78, 5) is 25.4. The predicted molar refractivity (Wildman–Crippen MR) is 265 cm³/mol. The Morgan fingerprint density at radius 2 is 0.887 bits per heavy atom. The number of aliphatic hydroxyl groups is 1. The van der Waals surface area contributed by atoms with Crippen LogP contribution in [0.25, 0.3) is 0 Å². The molecule has 3 atom stereocenters. The Labute approximate surface area is 385 Å². The number of carbonyl (C=O) groups is 1. The minimum atomic E-state index is -4.58. The largest absolute Gasteiger partial charge is 0.756 e. The zero-order chi connectivity index (χ0) is 45.7. The molecular weight excluding hydrogens is 792 g/mol. The van der Waals surface area contributed by atoms with E-state index in [0.717, 1.165) is 38.5 Å². The summed E-state index contributed by atoms with van der Waals surface area (Å²) in [5.41, 5.74) is 0. The number of nitrogens with one attached hydrogen (secondary N) is 1. The van der Waals surface area contributed by atoms with Crippen molar-refractivity contribution >= 4 is 13.7 Å². The van der Waals surface area contributed by atoms with Gasteiger partial charge in [-0.2, -0.15) is 0 Å². The molecule has 0 radical (unpaired) electrons. The monoisotopic (exact) mass is 897 g/mol. The van der Waals surface area contributed by atoms with E-state index in [2.05, 4.69) is 31.3 Å². The van der Waals surface area contributed by atoms with Gasteiger partial charge in [-0.1, -0.05) is 231 Å². The van der Waals surface area contributed by atoms with Crippen molar-refractivity contribution in [3.8, 4) is 0 Å². The first kappa shape index (κ1) is 61.0. The fraction of sp³-hybridized carbons (Fsp3) is 0.906. The highest BCUT2D eigenvalue weighted by Gasteiger charge is 2.23. The molecule has 0 aliphatic rings. The number of allylic oxidation sites excluding steroid dienone is 3. The maximum absolute atomic E-state index is 12.9. The third-order valence-corrected chi connectivity index (χ3v) is 13.1. The number of rotatable bonds is 49. The number of quaternary nitrogens is 1. The highest BCUT2D eigenvalue weighted by molar-refractivity contribution is 7.45. The SMILES string of the molecule is CCCCCCCCCC/C=C\CCCCCCCCCCCCCCCCCCCC(=O)NC(COP(=O)([O-])OCC[N+](C)(C)C)C(O)/C=C/CCCCCCCCCCC. The lowest BCUT2D eigenvalue weighted by molar-refractivity contribution is -0.870. The van der Waals surface area contributed by atoms with Crippen LogP contribution in [0.3, 0.4) is 0 Å². The average molecular weight is 897 g/mol. The van der Waals surface area contributed by atoms with Crippen LogP contribution in [-0.4, -0.2) is 68.5 Å². The molecule has 0 bridgehead atoms. The minimum absolute atomic E-state index is 0.000919. The van der Waals surface area contributed by atoms with Gasteiger partial charge < -0.3 is 28.8 Å². The number of unbranched alkanes of at least 4 members (excludes halogenated alkanes) is 34. The molecule has 0 aromatic rings. The summed E-state index contributed by atoms with van der Waals surface area (Å²) in [6.07, 6.45) is 55.4. The van der Waals surface area contributed by atoms with E-state index in [1.165, 1.54) is 199 Å². The van der Waals surface area contributed by atoms with E-state index in [0.29, 0.717) is 17.4 Å². The number of amides is 1. The molecule has 1 amide bonds. The Morgan fingerprint density at radius 1 is 0.548 bits per heavy atom. The van der Waals surface area contributed by atoms with Crippen LogP contribution >= 0.6 is 7.82 Å². The molecule has 0 heterocycles. The molecule has 9 heteroatoms. The Kier molecular flexibility index (Phi) is 44.4. The lowest BCUT2D eigenvalue weighted by Gasteiger charge is -2.29. The third kappa shape index (κ3) is 47.0. The van der Waals surface area contributed by atoms with Gasteiger partial charge in [0.15, 0.2) is 0 Å². The van der Waals surface area contributed by atoms with Crippen molar-refractivity contribution in [3.63, 3.8) is 0 Å². The molecule has 0 spiro atoms. The number of carbonyl (C=O) groups excluding carboxylic acids is 1. The van der Waals surface area contributed by atoms with Crippen molar-refractivity contribution in [1.29, 1.82) is 0 Å². The Bertz CT molecular complexity index is 1060. The summed E-state index contributed by atoms with van der Waals surface area (Å²) in [5.74, 6) is -0.195. The quantitative estimate of drug-likeness (QED) is 0.0273. The summed E-state index contributed by atoms with van der Waals surface area (Å²) >= 11 is 0. The highest BCUT2D eigenvalue weighted by atomic mass is 31.2. The number of phosphoric ester groups is 1. The summed E-state index contributed by atoms with van der Waals surface area (Å²) in [7, 11) is 1.27. The van der Waals surface area contributed by atoms with Gasteiger partial charge in [-0.25, -0.2) is 0 Å². The topological polar surface area (TPSA) is 108 Å². The maximum atomic E-state index is 12.9. The second kappa shape index (κ2) is 45.1. The molecule has 0 aromatic carbocycles. The first-order valence-corrected chi connectivity index (χ1v) is 28.2. The van der Waals surface area contributed by atoms with Gasteiger partial charge in [0.2, 0.25) is 5.91 Å². The standard InChI is InChI=1S/C53H105N2O6P/c1-6-8-10-12-14-16-18-19-20-21-22-23-24-25-26-27-28-29-30-31-32-33-34-35-37-39-41-43-45-47-53(57)54-51(50-61-62(58,59)60-49-48-55(3,4)5)52(56)46-44-42-40-38-36-17-15-13-11-9-7-2/h21-22,44,46,51-52,56H,6-20,23-43,45,47-50H2,1-5H3,(H-,54,57,58,59)/b22-21-,46-44+. The molecule has 0 saturated heterocycles. The van der Waals surface area contributed by atoms with Crippen LogP contribution in [0.1, 0.15) is 258 Å². The Hall–Kier alpha value is -1.02. The number of aliphatic hydroxyl groups excluding tert-OH is 1. The number of nitrogens with zero attached hydrogens (tertiary/aromatic N) is 1. The number of hydrogen-bond donors (Lipinski definition) is 2. The van der Waals surface area contributed by atoms with Crippen molar-refractivity contribution in [1.82, 2.24) is 5.32 Å². The number of hydrogen-bond acceptors (Lipinski definition) is 6. The lowest BCUT2D eigenvalue weighted by Crippen LogP contribution is -2.45. The van der Waals surface area contributed by atoms with E-state index < -0.39 is 20.0 Å². The van der Waals surface area contributed by atoms with Crippen LogP contribution in [-0.2, 0) is 18.4 Å². The van der Waals surface area contributed by atoms with E-state index in [1.54, 1.807) is 6.08 Å². The molecule has 8 nitrogen and oxygen atoms in total. The van der Waals surface area contributed by atoms with Crippen molar-refractivity contribution in [2.45, 2.75) is 270 Å². The second-order valence-electron chi connectivity index (χ2n) is 19.6. The van der Waals surface area contributed by atoms with Crippen molar-refractivity contribution < 1.29 is 32.9 Å². The second-order valence-corrected chi connectivity index (χ2v) is 21.0. The smallest absolute Gasteiger partial charge is 0.268 e. The summed E-state index contributed by atoms with van der Waals surface area (Å²) in [5, 5.41) is 13.8. The molecule has 0 rings (SSSR count). The third-order valence-electron chi connectivity index (χ3n) is 12.2. The molecule has 0 saturated carbocycles. The number of phosphoric acid groups is 1. The molecule has 62 heavy (non-hydrogen) atoms. The normalized spacial score (nSPS) is 14.2. The fourth-order valence-electron chi connectivity index (χ4n) is 7.91. The van der Waals surface area contributed by atoms with Gasteiger partial charge in [0, 0.05) is 6.42 Å². The van der Waals surface area contributed by atoms with Gasteiger partial charge in [0.25, 0.3) is 7.82 Å². The van der Waals surface area contributed by atoms with Gasteiger partial charge in [-0.3, -0.25) is 9.36 Å². The van der Waals surface area contributed by atoms with Crippen LogP contribution in [0, 0.1) is 0 Å². The summed E-state index contributed by atoms with van der Waals surface area (Å²) in [6.45, 7) is 4.65. The van der Waals surface area contributed by atoms with Gasteiger partial charge in [-0.15, -0.1) is 0 Å². The van der Waals surface area contributed by atoms with Gasteiger partial charge in [-0.05, 0) is 44.9 Å². The molecule has 2 N–H and O–H groups in total. The number of likely N-dealkylation sites (N-methyl/N-ethyl adjacent to an activating group) is 1. The van der Waals surface area contributed by atoms with Crippen LogP contribution in [0.15, 0.2) is 24.3 Å². The molecule has 368 valence electrons. The van der Waals surface area contributed by atoms with E-state index in [9.17, 15) is 19.4 Å². The van der Waals surface area contributed by atoms with E-state index in [-0.39, 0.29) is 19.1 Å². The molecular formula is C53H105N2O6P. The fourth-order valence-corrected chi connectivity index (χ4v) is 8.64. The van der Waals surface area contributed by atoms with E-state index in [4.69, 9.17) is 9.05 Å². The van der Waals surface area contributed by atoms with Crippen LogP contribution < -0.4 is 10.2 Å². The summed E-state index contributed by atoms with van der Waals surface area (Å²) < 4.78 is 23.2. The van der Waals surface area contributed by atoms with Crippen molar-refractivity contribution in [3.05, 3.63) is 24.3 Å². The van der Waals surface area contributed by atoms with E-state index in [1.807, 2.05) is 27.2 Å². The Balaban J connectivity index is 4.04. The minimum Gasteiger partial charge on any atom is -0.756 e. The first-order valence-electron chi connectivity index (χ1n) is 26.7. The van der Waals surface area contributed by atoms with Crippen LogP contribution in [0.2, 0.25) is 0 Å². The van der Waals surface area contributed by atoms with E-state index >= 15 is 0 Å². The maximum Gasteiger partial charge on any atom is 0.268 e. The molecule has 0 aliphatic carbocycles. The zero-order valence-corrected chi connectivity index (χ0v) is 42.7. The predicted octanol–water partition coefficient (Wildman–Crippen LogP) is 15.0. The van der Waals surface area contributed by atoms with Crippen molar-refractivity contribution in [2.75, 3.05) is 40.9 Å². The van der Waals surface area contributed by atoms with Crippen LogP contribution in [0.4, 0.5) is 0 Å². The average Bonchev–Trinajstić information content (AvgIpc) is 3.23. The molecule has 3 unspecified atom stereocenters. The molecule has 0 aromatic heterocycles. The Morgan fingerprint density at radius 3 is 1.26 bits per heavy atom. The molecule has 0 aliphatic heterocycles. The molecule has 0 fully saturated rings.